The van der Waals surface area contributed by atoms with Crippen LogP contribution in [0.5, 0.6) is 0 Å². The molecule has 4 nitrogen and oxygen atoms in total. The summed E-state index contributed by atoms with van der Waals surface area (Å²) in [6, 6.07) is 19.7. The van der Waals surface area contributed by atoms with Gasteiger partial charge in [0.15, 0.2) is 5.11 Å². The topological polar surface area (TPSA) is 56.1 Å². The highest BCUT2D eigenvalue weighted by atomic mass is 35.5. The molecule has 0 bridgehead atoms. The van der Waals surface area contributed by atoms with Crippen LogP contribution in [0.1, 0.15) is 24.0 Å². The summed E-state index contributed by atoms with van der Waals surface area (Å²) in [5.74, 6) is -0.151. The van der Waals surface area contributed by atoms with Crippen molar-refractivity contribution in [2.75, 3.05) is 13.1 Å². The molecule has 2 aromatic rings. The van der Waals surface area contributed by atoms with E-state index >= 15 is 0 Å². The molecule has 6 heteroatoms. The number of aryl methyl sites for hydroxylation is 1. The standard InChI is InChI=1S/C21H22ClN3OS/c22-19-10-5-4-9-18(19)11-12-20(26)24-21(27)25(15-6-14-23)16-13-17-7-2-1-3-8-17/h1-5,7-10H,6,11-13,15-16H2,(H,24,26,27). The maximum Gasteiger partial charge on any atom is 0.226 e. The number of benzene rings is 2. The molecule has 1 amide bonds. The molecule has 0 unspecified atom stereocenters. The van der Waals surface area contributed by atoms with Crippen LogP contribution in [0.15, 0.2) is 54.6 Å². The normalized spacial score (nSPS) is 10.1. The Bertz CT molecular complexity index is 805. The summed E-state index contributed by atoms with van der Waals surface area (Å²) in [7, 11) is 0. The molecule has 140 valence electrons. The Hall–Kier alpha value is -2.42. The maximum atomic E-state index is 12.3. The zero-order valence-electron chi connectivity index (χ0n) is 15.0. The molecule has 0 aliphatic rings. The van der Waals surface area contributed by atoms with E-state index in [9.17, 15) is 4.79 Å². The molecule has 0 spiro atoms. The number of carbonyl (C=O) groups is 1. The van der Waals surface area contributed by atoms with E-state index in [1.54, 1.807) is 0 Å². The predicted octanol–water partition coefficient (Wildman–Crippen LogP) is 4.13. The van der Waals surface area contributed by atoms with Gasteiger partial charge in [0.2, 0.25) is 5.91 Å². The first-order valence-electron chi connectivity index (χ1n) is 8.83. The Morgan fingerprint density at radius 1 is 1.07 bits per heavy atom. The number of halogens is 1. The first-order valence-corrected chi connectivity index (χ1v) is 9.62. The lowest BCUT2D eigenvalue weighted by Gasteiger charge is -2.24. The molecule has 1 N–H and O–H groups in total. The van der Waals surface area contributed by atoms with Gasteiger partial charge >= 0.3 is 0 Å². The second kappa shape index (κ2) is 11.3. The molecule has 27 heavy (non-hydrogen) atoms. The molecule has 0 saturated heterocycles. The van der Waals surface area contributed by atoms with Crippen LogP contribution in [0.3, 0.4) is 0 Å². The molecule has 2 aromatic carbocycles. The van der Waals surface area contributed by atoms with Crippen LogP contribution < -0.4 is 5.32 Å². The minimum atomic E-state index is -0.151. The van der Waals surface area contributed by atoms with Gasteiger partial charge in [-0.3, -0.25) is 4.79 Å². The van der Waals surface area contributed by atoms with Crippen LogP contribution in [-0.2, 0) is 17.6 Å². The summed E-state index contributed by atoms with van der Waals surface area (Å²) < 4.78 is 0. The molecule has 0 aromatic heterocycles. The highest BCUT2D eigenvalue weighted by Gasteiger charge is 2.13. The molecule has 0 saturated carbocycles. The quantitative estimate of drug-likeness (QED) is 0.678. The molecule has 0 aliphatic heterocycles. The first-order chi connectivity index (χ1) is 13.1. The number of thiocarbonyl (C=S) groups is 1. The van der Waals surface area contributed by atoms with E-state index in [1.807, 2.05) is 59.5 Å². The van der Waals surface area contributed by atoms with Gasteiger partial charge in [-0.1, -0.05) is 60.1 Å². The van der Waals surface area contributed by atoms with E-state index in [1.165, 1.54) is 5.56 Å². The van der Waals surface area contributed by atoms with Gasteiger partial charge in [0.1, 0.15) is 0 Å². The van der Waals surface area contributed by atoms with Crippen LogP contribution in [0.4, 0.5) is 0 Å². The summed E-state index contributed by atoms with van der Waals surface area (Å²) in [6.07, 6.45) is 2.00. The third-order valence-electron chi connectivity index (χ3n) is 4.12. The predicted molar refractivity (Wildman–Crippen MR) is 112 cm³/mol. The number of nitriles is 1. The molecule has 0 fully saturated rings. The smallest absolute Gasteiger partial charge is 0.226 e. The number of hydrogen-bond donors (Lipinski definition) is 1. The number of amides is 1. The summed E-state index contributed by atoms with van der Waals surface area (Å²) in [6.45, 7) is 1.14. The second-order valence-electron chi connectivity index (χ2n) is 6.08. The monoisotopic (exact) mass is 399 g/mol. The summed E-state index contributed by atoms with van der Waals surface area (Å²) in [4.78, 5) is 14.1. The van der Waals surface area contributed by atoms with Crippen molar-refractivity contribution in [1.82, 2.24) is 10.2 Å². The zero-order chi connectivity index (χ0) is 19.5. The minimum absolute atomic E-state index is 0.151. The Labute approximate surface area is 170 Å². The fraction of sp³-hybridized carbons (Fsp3) is 0.286. The average Bonchev–Trinajstić information content (AvgIpc) is 2.68. The maximum absolute atomic E-state index is 12.3. The van der Waals surface area contributed by atoms with E-state index in [4.69, 9.17) is 29.1 Å². The van der Waals surface area contributed by atoms with E-state index in [0.29, 0.717) is 42.5 Å². The average molecular weight is 400 g/mol. The van der Waals surface area contributed by atoms with Crippen molar-refractivity contribution in [2.45, 2.75) is 25.7 Å². The molecule has 0 radical (unpaired) electrons. The second-order valence-corrected chi connectivity index (χ2v) is 6.87. The summed E-state index contributed by atoms with van der Waals surface area (Å²) in [5.41, 5.74) is 2.12. The van der Waals surface area contributed by atoms with Crippen molar-refractivity contribution >= 4 is 34.8 Å². The van der Waals surface area contributed by atoms with Crippen molar-refractivity contribution in [1.29, 1.82) is 5.26 Å². The van der Waals surface area contributed by atoms with Crippen LogP contribution in [-0.4, -0.2) is 29.0 Å². The number of rotatable bonds is 8. The van der Waals surface area contributed by atoms with Gasteiger partial charge in [0.05, 0.1) is 12.5 Å². The molecule has 0 heterocycles. The van der Waals surface area contributed by atoms with Crippen molar-refractivity contribution in [3.05, 3.63) is 70.7 Å². The Balaban J connectivity index is 1.87. The number of hydrogen-bond acceptors (Lipinski definition) is 3. The van der Waals surface area contributed by atoms with Crippen molar-refractivity contribution in [3.63, 3.8) is 0 Å². The van der Waals surface area contributed by atoms with Gasteiger partial charge < -0.3 is 10.2 Å². The van der Waals surface area contributed by atoms with Crippen molar-refractivity contribution < 1.29 is 4.79 Å². The minimum Gasteiger partial charge on any atom is -0.348 e. The Morgan fingerprint density at radius 3 is 2.48 bits per heavy atom. The molecular formula is C21H22ClN3OS. The zero-order valence-corrected chi connectivity index (χ0v) is 16.6. The summed E-state index contributed by atoms with van der Waals surface area (Å²) in [5, 5.41) is 12.7. The van der Waals surface area contributed by atoms with Crippen LogP contribution >= 0.6 is 23.8 Å². The first kappa shape index (κ1) is 20.9. The third-order valence-corrected chi connectivity index (χ3v) is 4.85. The fourth-order valence-corrected chi connectivity index (χ4v) is 3.15. The highest BCUT2D eigenvalue weighted by Crippen LogP contribution is 2.16. The SMILES string of the molecule is N#CCCN(CCc1ccccc1)C(=S)NC(=O)CCc1ccccc1Cl. The molecule has 0 aliphatic carbocycles. The van der Waals surface area contributed by atoms with Crippen molar-refractivity contribution in [2.24, 2.45) is 0 Å². The van der Waals surface area contributed by atoms with E-state index in [2.05, 4.69) is 11.4 Å². The third kappa shape index (κ3) is 7.38. The number of nitrogens with one attached hydrogen (secondary N) is 1. The van der Waals surface area contributed by atoms with Crippen LogP contribution in [0.2, 0.25) is 5.02 Å². The fourth-order valence-electron chi connectivity index (χ4n) is 2.62. The van der Waals surface area contributed by atoms with E-state index < -0.39 is 0 Å². The van der Waals surface area contributed by atoms with Gasteiger partial charge in [0, 0.05) is 24.5 Å². The van der Waals surface area contributed by atoms with Crippen molar-refractivity contribution in [3.8, 4) is 6.07 Å². The van der Waals surface area contributed by atoms with Gasteiger partial charge in [0.25, 0.3) is 0 Å². The van der Waals surface area contributed by atoms with Crippen LogP contribution in [0, 0.1) is 11.3 Å². The Kier molecular flexibility index (Phi) is 8.76. The van der Waals surface area contributed by atoms with Crippen LogP contribution in [0.25, 0.3) is 0 Å². The lowest BCUT2D eigenvalue weighted by molar-refractivity contribution is -0.119. The molecular weight excluding hydrogens is 378 g/mol. The molecule has 2 rings (SSSR count). The number of carbonyl (C=O) groups excluding carboxylic acids is 1. The number of nitrogens with zero attached hydrogens (tertiary/aromatic N) is 2. The van der Waals surface area contributed by atoms with Gasteiger partial charge in [-0.2, -0.15) is 5.26 Å². The van der Waals surface area contributed by atoms with Gasteiger partial charge in [-0.05, 0) is 42.3 Å². The van der Waals surface area contributed by atoms with Gasteiger partial charge in [-0.25, -0.2) is 0 Å². The lowest BCUT2D eigenvalue weighted by Crippen LogP contribution is -2.44. The lowest BCUT2D eigenvalue weighted by atomic mass is 10.1. The van der Waals surface area contributed by atoms with E-state index in [0.717, 1.165) is 12.0 Å². The summed E-state index contributed by atoms with van der Waals surface area (Å²) >= 11 is 11.5. The van der Waals surface area contributed by atoms with E-state index in [-0.39, 0.29) is 5.91 Å². The molecule has 0 atom stereocenters. The largest absolute Gasteiger partial charge is 0.348 e. The Morgan fingerprint density at radius 2 is 1.78 bits per heavy atom. The highest BCUT2D eigenvalue weighted by molar-refractivity contribution is 7.80. The van der Waals surface area contributed by atoms with Gasteiger partial charge in [-0.15, -0.1) is 0 Å².